The lowest BCUT2D eigenvalue weighted by atomic mass is 9.91. The van der Waals surface area contributed by atoms with E-state index >= 15 is 0 Å². The van der Waals surface area contributed by atoms with Crippen molar-refractivity contribution in [2.75, 3.05) is 13.7 Å². The lowest BCUT2D eigenvalue weighted by Crippen LogP contribution is -2.12. The number of hydrogen-bond donors (Lipinski definition) is 1. The molecular weight excluding hydrogens is 256 g/mol. The van der Waals surface area contributed by atoms with Crippen LogP contribution in [0.5, 0.6) is 0 Å². The van der Waals surface area contributed by atoms with Crippen molar-refractivity contribution in [2.45, 2.75) is 38.5 Å². The molecule has 0 saturated heterocycles. The molecule has 0 radical (unpaired) electrons. The number of esters is 1. The molecule has 20 heavy (non-hydrogen) atoms. The number of rotatable bonds is 8. The van der Waals surface area contributed by atoms with Crippen molar-refractivity contribution < 1.29 is 19.4 Å². The van der Waals surface area contributed by atoms with Crippen LogP contribution < -0.4 is 0 Å². The fourth-order valence-corrected chi connectivity index (χ4v) is 2.53. The SMILES string of the molecule is COC(=O)CCC/C=C\C[C@H]1C(=O)CC[C@@H]1/C=C/CO. The fraction of sp³-hybridized carbons (Fsp3) is 0.625. The van der Waals surface area contributed by atoms with Crippen LogP contribution in [0.25, 0.3) is 0 Å². The molecule has 0 amide bonds. The first-order valence-corrected chi connectivity index (χ1v) is 7.21. The van der Waals surface area contributed by atoms with Crippen LogP contribution in [0.1, 0.15) is 38.5 Å². The van der Waals surface area contributed by atoms with E-state index < -0.39 is 0 Å². The highest BCUT2D eigenvalue weighted by molar-refractivity contribution is 5.83. The van der Waals surface area contributed by atoms with Gasteiger partial charge in [-0.3, -0.25) is 9.59 Å². The van der Waals surface area contributed by atoms with E-state index in [1.54, 1.807) is 6.08 Å². The Morgan fingerprint density at radius 1 is 1.40 bits per heavy atom. The standard InChI is InChI=1S/C16H24O4/c1-20-16(19)9-5-3-2-4-8-14-13(7-6-12-17)10-11-15(14)18/h2,4,6-7,13-14,17H,3,5,8-12H2,1H3/b4-2-,7-6+/t13-,14+/m0/s1. The van der Waals surface area contributed by atoms with Crippen LogP contribution in [0.4, 0.5) is 0 Å². The highest BCUT2D eigenvalue weighted by Crippen LogP contribution is 2.32. The maximum Gasteiger partial charge on any atom is 0.305 e. The number of unbranched alkanes of at least 4 members (excludes halogenated alkanes) is 1. The topological polar surface area (TPSA) is 63.6 Å². The minimum atomic E-state index is -0.182. The molecule has 1 saturated carbocycles. The molecule has 4 nitrogen and oxygen atoms in total. The van der Waals surface area contributed by atoms with Crippen LogP contribution in [0.2, 0.25) is 0 Å². The number of carbonyl (C=O) groups is 2. The number of aliphatic hydroxyl groups excluding tert-OH is 1. The molecule has 1 aliphatic rings. The first kappa shape index (κ1) is 16.6. The Kier molecular flexibility index (Phi) is 7.88. The smallest absolute Gasteiger partial charge is 0.305 e. The number of aliphatic hydroxyl groups is 1. The predicted octanol–water partition coefficient (Wildman–Crippen LogP) is 2.42. The summed E-state index contributed by atoms with van der Waals surface area (Å²) in [5, 5.41) is 8.79. The van der Waals surface area contributed by atoms with Crippen molar-refractivity contribution in [3.63, 3.8) is 0 Å². The van der Waals surface area contributed by atoms with Gasteiger partial charge in [0.05, 0.1) is 13.7 Å². The van der Waals surface area contributed by atoms with Gasteiger partial charge in [0, 0.05) is 18.8 Å². The quantitative estimate of drug-likeness (QED) is 0.421. The first-order chi connectivity index (χ1) is 9.69. The highest BCUT2D eigenvalue weighted by atomic mass is 16.5. The molecule has 1 fully saturated rings. The Hall–Kier alpha value is -1.42. The molecule has 0 unspecified atom stereocenters. The fourth-order valence-electron chi connectivity index (χ4n) is 2.53. The second kappa shape index (κ2) is 9.48. The van der Waals surface area contributed by atoms with Crippen molar-refractivity contribution in [2.24, 2.45) is 11.8 Å². The molecule has 1 N–H and O–H groups in total. The monoisotopic (exact) mass is 280 g/mol. The van der Waals surface area contributed by atoms with E-state index in [2.05, 4.69) is 4.74 Å². The third kappa shape index (κ3) is 5.70. The summed E-state index contributed by atoms with van der Waals surface area (Å²) in [4.78, 5) is 22.7. The molecule has 2 atom stereocenters. The van der Waals surface area contributed by atoms with Crippen molar-refractivity contribution in [1.82, 2.24) is 0 Å². The Balaban J connectivity index is 2.29. The van der Waals surface area contributed by atoms with E-state index in [4.69, 9.17) is 5.11 Å². The van der Waals surface area contributed by atoms with Crippen LogP contribution in [0.15, 0.2) is 24.3 Å². The third-order valence-electron chi connectivity index (χ3n) is 3.68. The van der Waals surface area contributed by atoms with Gasteiger partial charge in [-0.05, 0) is 31.6 Å². The van der Waals surface area contributed by atoms with Gasteiger partial charge in [-0.25, -0.2) is 0 Å². The van der Waals surface area contributed by atoms with Gasteiger partial charge in [-0.15, -0.1) is 0 Å². The number of ether oxygens (including phenoxy) is 1. The Morgan fingerprint density at radius 3 is 2.90 bits per heavy atom. The number of carbonyl (C=O) groups excluding carboxylic acids is 2. The van der Waals surface area contributed by atoms with Crippen molar-refractivity contribution in [3.8, 4) is 0 Å². The molecule has 0 aromatic heterocycles. The third-order valence-corrected chi connectivity index (χ3v) is 3.68. The Bertz CT molecular complexity index is 371. The lowest BCUT2D eigenvalue weighted by molar-refractivity contribution is -0.140. The zero-order chi connectivity index (χ0) is 14.8. The number of hydrogen-bond acceptors (Lipinski definition) is 4. The summed E-state index contributed by atoms with van der Waals surface area (Å²) in [5.41, 5.74) is 0. The zero-order valence-corrected chi connectivity index (χ0v) is 12.1. The lowest BCUT2D eigenvalue weighted by Gasteiger charge is -2.12. The number of Topliss-reactive ketones (excluding diaryl/α,β-unsaturated/α-hetero) is 1. The summed E-state index contributed by atoms with van der Waals surface area (Å²) in [6, 6.07) is 0. The molecule has 0 aromatic rings. The molecule has 0 spiro atoms. The van der Waals surface area contributed by atoms with E-state index in [0.29, 0.717) is 18.6 Å². The zero-order valence-electron chi connectivity index (χ0n) is 12.1. The van der Waals surface area contributed by atoms with Crippen molar-refractivity contribution >= 4 is 11.8 Å². The molecule has 4 heteroatoms. The minimum Gasteiger partial charge on any atom is -0.469 e. The van der Waals surface area contributed by atoms with Crippen LogP contribution in [-0.4, -0.2) is 30.6 Å². The van der Waals surface area contributed by atoms with Gasteiger partial charge in [0.1, 0.15) is 5.78 Å². The summed E-state index contributed by atoms with van der Waals surface area (Å²) < 4.78 is 4.57. The highest BCUT2D eigenvalue weighted by Gasteiger charge is 2.31. The van der Waals surface area contributed by atoms with E-state index in [9.17, 15) is 9.59 Å². The molecular formula is C16H24O4. The Labute approximate surface area is 120 Å². The maximum absolute atomic E-state index is 11.8. The van der Waals surface area contributed by atoms with E-state index in [1.807, 2.05) is 18.2 Å². The normalized spacial score (nSPS) is 23.0. The van der Waals surface area contributed by atoms with E-state index in [-0.39, 0.29) is 24.4 Å². The predicted molar refractivity (Wildman–Crippen MR) is 77.1 cm³/mol. The second-order valence-electron chi connectivity index (χ2n) is 5.06. The molecule has 0 heterocycles. The number of methoxy groups -OCH3 is 1. The number of allylic oxidation sites excluding steroid dienone is 3. The first-order valence-electron chi connectivity index (χ1n) is 7.21. The largest absolute Gasteiger partial charge is 0.469 e. The molecule has 0 aliphatic heterocycles. The summed E-state index contributed by atoms with van der Waals surface area (Å²) in [5.74, 6) is 0.444. The van der Waals surface area contributed by atoms with Crippen LogP contribution >= 0.6 is 0 Å². The van der Waals surface area contributed by atoms with Crippen LogP contribution in [0, 0.1) is 11.8 Å². The van der Waals surface area contributed by atoms with Gasteiger partial charge in [0.2, 0.25) is 0 Å². The summed E-state index contributed by atoms with van der Waals surface area (Å²) in [7, 11) is 1.39. The molecule has 0 aromatic carbocycles. The van der Waals surface area contributed by atoms with Gasteiger partial charge in [-0.2, -0.15) is 0 Å². The van der Waals surface area contributed by atoms with Crippen molar-refractivity contribution in [3.05, 3.63) is 24.3 Å². The van der Waals surface area contributed by atoms with Crippen LogP contribution in [-0.2, 0) is 14.3 Å². The molecule has 1 rings (SSSR count). The van der Waals surface area contributed by atoms with E-state index in [1.165, 1.54) is 7.11 Å². The van der Waals surface area contributed by atoms with Gasteiger partial charge in [0.25, 0.3) is 0 Å². The second-order valence-corrected chi connectivity index (χ2v) is 5.06. The van der Waals surface area contributed by atoms with Gasteiger partial charge < -0.3 is 9.84 Å². The summed E-state index contributed by atoms with van der Waals surface area (Å²) >= 11 is 0. The van der Waals surface area contributed by atoms with Gasteiger partial charge in [0.15, 0.2) is 0 Å². The number of ketones is 1. The average molecular weight is 280 g/mol. The van der Waals surface area contributed by atoms with Gasteiger partial charge in [-0.1, -0.05) is 24.3 Å². The molecule has 1 aliphatic carbocycles. The van der Waals surface area contributed by atoms with Crippen LogP contribution in [0.3, 0.4) is 0 Å². The van der Waals surface area contributed by atoms with Crippen molar-refractivity contribution in [1.29, 1.82) is 0 Å². The Morgan fingerprint density at radius 2 is 2.20 bits per heavy atom. The molecule has 0 bridgehead atoms. The summed E-state index contributed by atoms with van der Waals surface area (Å²) in [6.45, 7) is 0.0285. The molecule has 112 valence electrons. The van der Waals surface area contributed by atoms with Gasteiger partial charge >= 0.3 is 5.97 Å². The average Bonchev–Trinajstić information content (AvgIpc) is 2.80. The minimum absolute atomic E-state index is 0.0285. The van der Waals surface area contributed by atoms with E-state index in [0.717, 1.165) is 25.7 Å². The summed E-state index contributed by atoms with van der Waals surface area (Å²) in [6.07, 6.45) is 12.0. The maximum atomic E-state index is 11.8.